The Bertz CT molecular complexity index is 1030. The Morgan fingerprint density at radius 3 is 2.50 bits per heavy atom. The highest BCUT2D eigenvalue weighted by Gasteiger charge is 2.45. The van der Waals surface area contributed by atoms with Gasteiger partial charge in [-0.3, -0.25) is 0 Å². The highest BCUT2D eigenvalue weighted by atomic mass is 16.6. The Morgan fingerprint density at radius 1 is 1.04 bits per heavy atom. The molecule has 0 spiro atoms. The summed E-state index contributed by atoms with van der Waals surface area (Å²) in [4.78, 5) is 23.8. The van der Waals surface area contributed by atoms with Crippen LogP contribution in [0.15, 0.2) is 82.0 Å². The molecule has 1 aliphatic heterocycles. The lowest BCUT2D eigenvalue weighted by atomic mass is 9.90. The molecule has 1 fully saturated rings. The molecule has 0 saturated carbocycles. The van der Waals surface area contributed by atoms with Crippen LogP contribution in [0.1, 0.15) is 12.0 Å². The van der Waals surface area contributed by atoms with Gasteiger partial charge in [0.2, 0.25) is 0 Å². The average molecular weight is 348 g/mol. The number of ether oxygens (including phenoxy) is 2. The molecule has 0 bridgehead atoms. The van der Waals surface area contributed by atoms with Crippen molar-refractivity contribution in [2.75, 3.05) is 6.61 Å². The lowest BCUT2D eigenvalue weighted by molar-refractivity contribution is -0.150. The molecular weight excluding hydrogens is 332 g/mol. The highest BCUT2D eigenvalue weighted by molar-refractivity contribution is 5.90. The van der Waals surface area contributed by atoms with E-state index in [-0.39, 0.29) is 6.61 Å². The predicted molar refractivity (Wildman–Crippen MR) is 95.9 cm³/mol. The maximum atomic E-state index is 12.0. The molecule has 1 saturated heterocycles. The Morgan fingerprint density at radius 2 is 1.77 bits per heavy atom. The minimum Gasteiger partial charge on any atom is -0.488 e. The smallest absolute Gasteiger partial charge is 0.339 e. The number of rotatable bonds is 4. The molecular formula is C21H16O5. The summed E-state index contributed by atoms with van der Waals surface area (Å²) in [5, 5.41) is 0.679. The van der Waals surface area contributed by atoms with E-state index in [1.807, 2.05) is 42.5 Å². The number of carbonyl (C=O) groups is 1. The molecule has 3 aromatic rings. The van der Waals surface area contributed by atoms with Crippen molar-refractivity contribution < 1.29 is 18.7 Å². The molecule has 2 aromatic carbocycles. The number of esters is 1. The van der Waals surface area contributed by atoms with Gasteiger partial charge in [-0.2, -0.15) is 0 Å². The minimum absolute atomic E-state index is 0.0647. The number of hydrogen-bond donors (Lipinski definition) is 0. The fourth-order valence-corrected chi connectivity index (χ4v) is 3.16. The van der Waals surface area contributed by atoms with Crippen LogP contribution in [-0.4, -0.2) is 12.6 Å². The van der Waals surface area contributed by atoms with Crippen molar-refractivity contribution in [2.24, 2.45) is 0 Å². The Kier molecular flexibility index (Phi) is 3.84. The molecule has 1 atom stereocenters. The van der Waals surface area contributed by atoms with Crippen molar-refractivity contribution in [3.05, 3.63) is 88.8 Å². The third-order valence-corrected chi connectivity index (χ3v) is 4.45. The maximum Gasteiger partial charge on any atom is 0.339 e. The van der Waals surface area contributed by atoms with Crippen LogP contribution in [0.25, 0.3) is 11.0 Å². The summed E-state index contributed by atoms with van der Waals surface area (Å²) >= 11 is 0. The van der Waals surface area contributed by atoms with E-state index < -0.39 is 17.2 Å². The van der Waals surface area contributed by atoms with Gasteiger partial charge in [0.25, 0.3) is 0 Å². The van der Waals surface area contributed by atoms with Gasteiger partial charge in [-0.15, -0.1) is 0 Å². The number of cyclic esters (lactones) is 1. The van der Waals surface area contributed by atoms with Gasteiger partial charge in [0.05, 0.1) is 11.5 Å². The molecule has 5 nitrogen and oxygen atoms in total. The van der Waals surface area contributed by atoms with Crippen molar-refractivity contribution in [2.45, 2.75) is 12.0 Å². The number of benzene rings is 2. The Balaban J connectivity index is 1.72. The third kappa shape index (κ3) is 2.77. The van der Waals surface area contributed by atoms with Gasteiger partial charge in [-0.05, 0) is 17.7 Å². The fourth-order valence-electron chi connectivity index (χ4n) is 3.16. The van der Waals surface area contributed by atoms with Crippen LogP contribution >= 0.6 is 0 Å². The molecule has 0 aliphatic carbocycles. The molecule has 1 aliphatic rings. The second kappa shape index (κ2) is 6.19. The lowest BCUT2D eigenvalue weighted by Crippen LogP contribution is -2.33. The molecule has 4 rings (SSSR count). The van der Waals surface area contributed by atoms with Crippen molar-refractivity contribution in [3.63, 3.8) is 0 Å². The van der Waals surface area contributed by atoms with Gasteiger partial charge < -0.3 is 13.9 Å². The Labute approximate surface area is 149 Å². The molecule has 5 heteroatoms. The summed E-state index contributed by atoms with van der Waals surface area (Å²) in [7, 11) is 0. The molecule has 130 valence electrons. The van der Waals surface area contributed by atoms with Crippen molar-refractivity contribution in [1.82, 2.24) is 0 Å². The average Bonchev–Trinajstić information content (AvgIpc) is 2.95. The summed E-state index contributed by atoms with van der Waals surface area (Å²) in [6, 6.07) is 17.8. The number of carbonyl (C=O) groups excluding carboxylic acids is 1. The second-order valence-corrected chi connectivity index (χ2v) is 6.24. The van der Waals surface area contributed by atoms with Crippen molar-refractivity contribution in [3.8, 4) is 5.75 Å². The van der Waals surface area contributed by atoms with Crippen molar-refractivity contribution in [1.29, 1.82) is 0 Å². The molecule has 1 unspecified atom stereocenters. The zero-order valence-electron chi connectivity index (χ0n) is 13.9. The van der Waals surface area contributed by atoms with E-state index in [0.717, 1.165) is 5.56 Å². The summed E-state index contributed by atoms with van der Waals surface area (Å²) in [6.07, 6.45) is 0.329. The first-order chi connectivity index (χ1) is 12.6. The molecule has 0 N–H and O–H groups in total. The van der Waals surface area contributed by atoms with Crippen molar-refractivity contribution >= 4 is 16.9 Å². The molecule has 1 aromatic heterocycles. The number of para-hydroxylation sites is 1. The molecule has 0 radical (unpaired) electrons. The second-order valence-electron chi connectivity index (χ2n) is 6.24. The quantitative estimate of drug-likeness (QED) is 0.410. The number of hydrogen-bond acceptors (Lipinski definition) is 5. The largest absolute Gasteiger partial charge is 0.488 e. The first-order valence-electron chi connectivity index (χ1n) is 8.20. The van der Waals surface area contributed by atoms with E-state index in [4.69, 9.17) is 13.9 Å². The van der Waals surface area contributed by atoms with E-state index >= 15 is 0 Å². The first-order valence-corrected chi connectivity index (χ1v) is 8.20. The molecule has 0 amide bonds. The first kappa shape index (κ1) is 16.1. The highest BCUT2D eigenvalue weighted by Crippen LogP contribution is 2.40. The monoisotopic (exact) mass is 348 g/mol. The zero-order chi connectivity index (χ0) is 18.1. The summed E-state index contributed by atoms with van der Waals surface area (Å²) in [6.45, 7) is 3.84. The fraction of sp³-hybridized carbons (Fsp3) is 0.143. The van der Waals surface area contributed by atoms with E-state index in [1.165, 1.54) is 6.07 Å². The van der Waals surface area contributed by atoms with Gasteiger partial charge in [-0.25, -0.2) is 9.59 Å². The van der Waals surface area contributed by atoms with Crippen LogP contribution in [0.4, 0.5) is 0 Å². The SMILES string of the molecule is C=C1CC(COc2cc(=O)oc3ccccc23)(c2ccccc2)OC1=O. The summed E-state index contributed by atoms with van der Waals surface area (Å²) in [5.74, 6) is -0.0457. The van der Waals surface area contributed by atoms with Gasteiger partial charge in [0, 0.05) is 12.0 Å². The molecule has 26 heavy (non-hydrogen) atoms. The van der Waals surface area contributed by atoms with Crippen LogP contribution < -0.4 is 10.4 Å². The Hall–Kier alpha value is -3.34. The van der Waals surface area contributed by atoms with E-state index in [9.17, 15) is 9.59 Å². The summed E-state index contributed by atoms with van der Waals surface area (Å²) < 4.78 is 16.8. The van der Waals surface area contributed by atoms with Crippen LogP contribution in [0.5, 0.6) is 5.75 Å². The van der Waals surface area contributed by atoms with Crippen LogP contribution in [-0.2, 0) is 15.1 Å². The van der Waals surface area contributed by atoms with Gasteiger partial charge in [-0.1, -0.05) is 49.0 Å². The van der Waals surface area contributed by atoms with Crippen LogP contribution in [0.2, 0.25) is 0 Å². The van der Waals surface area contributed by atoms with Gasteiger partial charge >= 0.3 is 11.6 Å². The normalized spacial score (nSPS) is 19.5. The zero-order valence-corrected chi connectivity index (χ0v) is 13.9. The molecule has 2 heterocycles. The lowest BCUT2D eigenvalue weighted by Gasteiger charge is -2.28. The van der Waals surface area contributed by atoms with Crippen LogP contribution in [0, 0.1) is 0 Å². The minimum atomic E-state index is -0.966. The van der Waals surface area contributed by atoms with E-state index in [0.29, 0.717) is 28.7 Å². The van der Waals surface area contributed by atoms with E-state index in [2.05, 4.69) is 6.58 Å². The maximum absolute atomic E-state index is 12.0. The third-order valence-electron chi connectivity index (χ3n) is 4.45. The predicted octanol–water partition coefficient (Wildman–Crippen LogP) is 3.57. The van der Waals surface area contributed by atoms with Gasteiger partial charge in [0.1, 0.15) is 17.9 Å². The summed E-state index contributed by atoms with van der Waals surface area (Å²) in [5.41, 5.74) is 0.193. The topological polar surface area (TPSA) is 65.7 Å². The van der Waals surface area contributed by atoms with Crippen LogP contribution in [0.3, 0.4) is 0 Å². The van der Waals surface area contributed by atoms with Gasteiger partial charge in [0.15, 0.2) is 5.60 Å². The standard InChI is InChI=1S/C21H16O5/c1-14-12-21(26-20(14)23,15-7-3-2-4-8-15)13-24-18-11-19(22)25-17-10-6-5-9-16(17)18/h2-11H,1,12-13H2. The number of fused-ring (bicyclic) bond motifs is 1. The van der Waals surface area contributed by atoms with E-state index in [1.54, 1.807) is 12.1 Å².